The fraction of sp³-hybridized carbons (Fsp3) is 0.292. The molecule has 0 aliphatic carbocycles. The summed E-state index contributed by atoms with van der Waals surface area (Å²) in [4.78, 5) is 32.3. The molecule has 0 amide bonds. The summed E-state index contributed by atoms with van der Waals surface area (Å²) in [5.74, 6) is -0.473. The van der Waals surface area contributed by atoms with Crippen molar-refractivity contribution in [2.24, 2.45) is 4.99 Å². The molecule has 0 unspecified atom stereocenters. The Labute approximate surface area is 188 Å². The maximum absolute atomic E-state index is 13.4. The maximum atomic E-state index is 13.4. The van der Waals surface area contributed by atoms with Crippen molar-refractivity contribution in [3.8, 4) is 0 Å². The standard InChI is InChI=1S/C24H24N2O3S2/c1-14-19(22(28)29-5)20(15-8-10-16(11-9-15)24(2,3)4)26-21(27)18(31-23(26)25-14)13-17-7-6-12-30-17/h6-13,20H,1-5H3/b18-13+/t20-/m0/s1. The first-order valence-corrected chi connectivity index (χ1v) is 11.6. The van der Waals surface area contributed by atoms with Gasteiger partial charge in [-0.3, -0.25) is 9.36 Å². The predicted octanol–water partition coefficient (Wildman–Crippen LogP) is 3.77. The van der Waals surface area contributed by atoms with Crippen LogP contribution in [-0.4, -0.2) is 17.6 Å². The van der Waals surface area contributed by atoms with Crippen molar-refractivity contribution in [3.05, 3.63) is 88.7 Å². The molecule has 7 heteroatoms. The zero-order valence-corrected chi connectivity index (χ0v) is 19.8. The van der Waals surface area contributed by atoms with Crippen molar-refractivity contribution in [2.45, 2.75) is 39.2 Å². The zero-order chi connectivity index (χ0) is 22.3. The van der Waals surface area contributed by atoms with Crippen molar-refractivity contribution in [1.29, 1.82) is 0 Å². The number of fused-ring (bicyclic) bond motifs is 1. The van der Waals surface area contributed by atoms with E-state index in [4.69, 9.17) is 4.74 Å². The molecule has 1 atom stereocenters. The summed E-state index contributed by atoms with van der Waals surface area (Å²) < 4.78 is 7.28. The second-order valence-electron chi connectivity index (χ2n) is 8.46. The molecular formula is C24H24N2O3S2. The van der Waals surface area contributed by atoms with Gasteiger partial charge in [0.2, 0.25) is 0 Å². The molecule has 0 N–H and O–H groups in total. The van der Waals surface area contributed by atoms with E-state index in [1.165, 1.54) is 24.0 Å². The molecule has 1 aromatic carbocycles. The number of nitrogens with zero attached hydrogens (tertiary/aromatic N) is 2. The Balaban J connectivity index is 1.95. The van der Waals surface area contributed by atoms with E-state index < -0.39 is 12.0 Å². The van der Waals surface area contributed by atoms with Gasteiger partial charge in [0.1, 0.15) is 0 Å². The fourth-order valence-corrected chi connectivity index (χ4v) is 5.45. The number of aromatic nitrogens is 1. The highest BCUT2D eigenvalue weighted by Gasteiger charge is 2.33. The van der Waals surface area contributed by atoms with Gasteiger partial charge in [-0.25, -0.2) is 9.79 Å². The summed E-state index contributed by atoms with van der Waals surface area (Å²) >= 11 is 2.91. The summed E-state index contributed by atoms with van der Waals surface area (Å²) in [5.41, 5.74) is 2.84. The third-order valence-corrected chi connectivity index (χ3v) is 7.14. The van der Waals surface area contributed by atoms with Gasteiger partial charge in [0.05, 0.1) is 29.0 Å². The van der Waals surface area contributed by atoms with E-state index in [2.05, 4.69) is 37.9 Å². The first-order valence-electron chi connectivity index (χ1n) is 9.95. The maximum Gasteiger partial charge on any atom is 0.338 e. The lowest BCUT2D eigenvalue weighted by molar-refractivity contribution is -0.136. The van der Waals surface area contributed by atoms with Gasteiger partial charge in [-0.1, -0.05) is 62.4 Å². The molecule has 1 aliphatic rings. The van der Waals surface area contributed by atoms with Crippen molar-refractivity contribution in [2.75, 3.05) is 7.11 Å². The Hall–Kier alpha value is -2.77. The Kier molecular flexibility index (Phi) is 5.58. The molecule has 0 radical (unpaired) electrons. The molecule has 2 aromatic heterocycles. The molecule has 0 bridgehead atoms. The van der Waals surface area contributed by atoms with Crippen LogP contribution in [-0.2, 0) is 14.9 Å². The number of esters is 1. The minimum atomic E-state index is -0.580. The number of ether oxygens (including phenoxy) is 1. The molecular weight excluding hydrogens is 428 g/mol. The number of methoxy groups -OCH3 is 1. The summed E-state index contributed by atoms with van der Waals surface area (Å²) in [6, 6.07) is 11.4. The van der Waals surface area contributed by atoms with Gasteiger partial charge < -0.3 is 4.74 Å². The third-order valence-electron chi connectivity index (χ3n) is 5.34. The molecule has 31 heavy (non-hydrogen) atoms. The van der Waals surface area contributed by atoms with Crippen LogP contribution in [0.3, 0.4) is 0 Å². The number of benzene rings is 1. The van der Waals surface area contributed by atoms with E-state index >= 15 is 0 Å². The predicted molar refractivity (Wildman–Crippen MR) is 125 cm³/mol. The van der Waals surface area contributed by atoms with Crippen LogP contribution in [0.15, 0.2) is 62.8 Å². The van der Waals surface area contributed by atoms with Gasteiger partial charge in [0.25, 0.3) is 5.56 Å². The fourth-order valence-electron chi connectivity index (χ4n) is 3.68. The number of rotatable bonds is 3. The highest BCUT2D eigenvalue weighted by Crippen LogP contribution is 2.32. The van der Waals surface area contributed by atoms with Crippen LogP contribution in [0.4, 0.5) is 0 Å². The van der Waals surface area contributed by atoms with Crippen LogP contribution < -0.4 is 14.9 Å². The average Bonchev–Trinajstić information content (AvgIpc) is 3.34. The molecule has 1 aliphatic heterocycles. The minimum Gasteiger partial charge on any atom is -0.466 e. The van der Waals surface area contributed by atoms with Crippen LogP contribution >= 0.6 is 22.7 Å². The highest BCUT2D eigenvalue weighted by atomic mass is 32.1. The lowest BCUT2D eigenvalue weighted by atomic mass is 9.85. The second-order valence-corrected chi connectivity index (χ2v) is 10.4. The van der Waals surface area contributed by atoms with Crippen LogP contribution in [0.2, 0.25) is 0 Å². The smallest absolute Gasteiger partial charge is 0.338 e. The number of thiazole rings is 1. The first-order chi connectivity index (χ1) is 14.7. The second kappa shape index (κ2) is 8.05. The molecule has 0 saturated heterocycles. The van der Waals surface area contributed by atoms with Crippen LogP contribution in [0.25, 0.3) is 6.08 Å². The molecule has 5 nitrogen and oxygen atoms in total. The number of thiophene rings is 1. The van der Waals surface area contributed by atoms with E-state index in [0.717, 1.165) is 10.4 Å². The Morgan fingerprint density at radius 1 is 1.19 bits per heavy atom. The van der Waals surface area contributed by atoms with Crippen LogP contribution in [0.5, 0.6) is 0 Å². The van der Waals surface area contributed by atoms with Gasteiger partial charge in [-0.2, -0.15) is 0 Å². The molecule has 0 fully saturated rings. The van der Waals surface area contributed by atoms with Crippen molar-refractivity contribution >= 4 is 34.7 Å². The topological polar surface area (TPSA) is 60.7 Å². The minimum absolute atomic E-state index is 0.00454. The highest BCUT2D eigenvalue weighted by molar-refractivity contribution is 7.11. The van der Waals surface area contributed by atoms with E-state index in [1.807, 2.05) is 35.7 Å². The van der Waals surface area contributed by atoms with Gasteiger partial charge in [-0.05, 0) is 41.0 Å². The first kappa shape index (κ1) is 21.5. The van der Waals surface area contributed by atoms with E-state index in [1.54, 1.807) is 22.8 Å². The van der Waals surface area contributed by atoms with Crippen molar-refractivity contribution < 1.29 is 9.53 Å². The Morgan fingerprint density at radius 2 is 1.90 bits per heavy atom. The van der Waals surface area contributed by atoms with Gasteiger partial charge in [0, 0.05) is 4.88 Å². The lowest BCUT2D eigenvalue weighted by Crippen LogP contribution is -2.39. The van der Waals surface area contributed by atoms with Crippen molar-refractivity contribution in [1.82, 2.24) is 4.57 Å². The average molecular weight is 453 g/mol. The molecule has 0 saturated carbocycles. The number of hydrogen-bond acceptors (Lipinski definition) is 6. The van der Waals surface area contributed by atoms with Gasteiger partial charge in [0.15, 0.2) is 4.80 Å². The number of carbonyl (C=O) groups is 1. The van der Waals surface area contributed by atoms with Crippen LogP contribution in [0.1, 0.15) is 49.7 Å². The molecule has 3 heterocycles. The lowest BCUT2D eigenvalue weighted by Gasteiger charge is -2.25. The van der Waals surface area contributed by atoms with Crippen molar-refractivity contribution in [3.63, 3.8) is 0 Å². The SMILES string of the molecule is COC(=O)C1=C(C)N=c2s/c(=C/c3cccs3)c(=O)n2[C@H]1c1ccc(C(C)(C)C)cc1. The molecule has 0 spiro atoms. The van der Waals surface area contributed by atoms with Gasteiger partial charge in [-0.15, -0.1) is 11.3 Å². The molecule has 160 valence electrons. The largest absolute Gasteiger partial charge is 0.466 e. The number of hydrogen-bond donors (Lipinski definition) is 0. The Bertz CT molecular complexity index is 1340. The zero-order valence-electron chi connectivity index (χ0n) is 18.1. The summed E-state index contributed by atoms with van der Waals surface area (Å²) in [5, 5.41) is 1.97. The third kappa shape index (κ3) is 3.95. The summed E-state index contributed by atoms with van der Waals surface area (Å²) in [6.07, 6.45) is 1.88. The molecule has 3 aromatic rings. The van der Waals surface area contributed by atoms with Crippen LogP contribution in [0, 0.1) is 0 Å². The normalized spacial score (nSPS) is 16.8. The quantitative estimate of drug-likeness (QED) is 0.569. The van der Waals surface area contributed by atoms with E-state index in [0.29, 0.717) is 20.6 Å². The monoisotopic (exact) mass is 452 g/mol. The molecule has 4 rings (SSSR count). The number of carbonyl (C=O) groups excluding carboxylic acids is 1. The Morgan fingerprint density at radius 3 is 2.48 bits per heavy atom. The van der Waals surface area contributed by atoms with E-state index in [9.17, 15) is 9.59 Å². The summed E-state index contributed by atoms with van der Waals surface area (Å²) in [6.45, 7) is 8.25. The summed E-state index contributed by atoms with van der Waals surface area (Å²) in [7, 11) is 1.35. The number of allylic oxidation sites excluding steroid dienone is 1. The van der Waals surface area contributed by atoms with E-state index in [-0.39, 0.29) is 11.0 Å². The van der Waals surface area contributed by atoms with Gasteiger partial charge >= 0.3 is 5.97 Å².